The highest BCUT2D eigenvalue weighted by molar-refractivity contribution is 8.01. The standard InChI is InChI=1S/C14H14F3NOS/c15-14(16,17)9-5-4-6-10-11(9)18-12(19)13(20-10)7-2-1-3-8-13/h4-6H,1-3,7-8H2,(H,18,19). The lowest BCUT2D eigenvalue weighted by atomic mass is 9.87. The Kier molecular flexibility index (Phi) is 3.23. The van der Waals surface area contributed by atoms with Crippen molar-refractivity contribution < 1.29 is 18.0 Å². The van der Waals surface area contributed by atoms with Gasteiger partial charge in [-0.25, -0.2) is 0 Å². The molecule has 1 spiro atoms. The summed E-state index contributed by atoms with van der Waals surface area (Å²) < 4.78 is 38.4. The van der Waals surface area contributed by atoms with Crippen molar-refractivity contribution >= 4 is 23.4 Å². The number of rotatable bonds is 0. The summed E-state index contributed by atoms with van der Waals surface area (Å²) in [7, 11) is 0. The molecule has 6 heteroatoms. The maximum atomic E-state index is 13.0. The maximum absolute atomic E-state index is 13.0. The minimum Gasteiger partial charge on any atom is -0.323 e. The van der Waals surface area contributed by atoms with Gasteiger partial charge in [0.1, 0.15) is 0 Å². The van der Waals surface area contributed by atoms with E-state index in [1.54, 1.807) is 6.07 Å². The molecular formula is C14H14F3NOS. The largest absolute Gasteiger partial charge is 0.418 e. The highest BCUT2D eigenvalue weighted by atomic mass is 32.2. The van der Waals surface area contributed by atoms with Gasteiger partial charge in [-0.3, -0.25) is 4.79 Å². The number of carbonyl (C=O) groups is 1. The number of nitrogens with one attached hydrogen (secondary N) is 1. The Balaban J connectivity index is 2.03. The van der Waals surface area contributed by atoms with Crippen molar-refractivity contribution in [3.05, 3.63) is 23.8 Å². The van der Waals surface area contributed by atoms with Crippen LogP contribution in [0.15, 0.2) is 23.1 Å². The lowest BCUT2D eigenvalue weighted by Gasteiger charge is -2.39. The van der Waals surface area contributed by atoms with Crippen LogP contribution in [0, 0.1) is 0 Å². The van der Waals surface area contributed by atoms with Gasteiger partial charge < -0.3 is 5.32 Å². The summed E-state index contributed by atoms with van der Waals surface area (Å²) in [5.41, 5.74) is -0.840. The molecule has 0 saturated heterocycles. The Morgan fingerprint density at radius 3 is 2.50 bits per heavy atom. The highest BCUT2D eigenvalue weighted by Crippen LogP contribution is 2.52. The summed E-state index contributed by atoms with van der Waals surface area (Å²) in [5, 5.41) is 2.52. The van der Waals surface area contributed by atoms with E-state index in [9.17, 15) is 18.0 Å². The molecule has 2 aliphatic rings. The molecule has 2 nitrogen and oxygen atoms in total. The smallest absolute Gasteiger partial charge is 0.323 e. The summed E-state index contributed by atoms with van der Waals surface area (Å²) in [5.74, 6) is -0.272. The van der Waals surface area contributed by atoms with E-state index in [1.807, 2.05) is 0 Å². The average molecular weight is 301 g/mol. The van der Waals surface area contributed by atoms with Crippen molar-refractivity contribution in [2.45, 2.75) is 47.9 Å². The first-order valence-corrected chi connectivity index (χ1v) is 7.45. The first kappa shape index (κ1) is 13.8. The number of benzene rings is 1. The molecule has 1 amide bonds. The van der Waals surface area contributed by atoms with Crippen LogP contribution >= 0.6 is 11.8 Å². The van der Waals surface area contributed by atoms with Crippen LogP contribution in [0.4, 0.5) is 18.9 Å². The minimum atomic E-state index is -4.45. The Labute approximate surface area is 119 Å². The van der Waals surface area contributed by atoms with Gasteiger partial charge >= 0.3 is 6.18 Å². The second kappa shape index (κ2) is 4.69. The molecule has 1 N–H and O–H groups in total. The monoisotopic (exact) mass is 301 g/mol. The lowest BCUT2D eigenvalue weighted by molar-refractivity contribution is -0.137. The molecule has 1 aromatic rings. The SMILES string of the molecule is O=C1Nc2c(cccc2C(F)(F)F)SC12CCCCC2. The van der Waals surface area contributed by atoms with Crippen LogP contribution in [0.2, 0.25) is 0 Å². The zero-order chi connectivity index (χ0) is 14.4. The average Bonchev–Trinajstić information content (AvgIpc) is 2.39. The van der Waals surface area contributed by atoms with Crippen LogP contribution in [-0.4, -0.2) is 10.7 Å². The number of para-hydroxylation sites is 1. The summed E-state index contributed by atoms with van der Waals surface area (Å²) in [6.07, 6.45) is 0.0170. The van der Waals surface area contributed by atoms with E-state index in [-0.39, 0.29) is 11.6 Å². The fourth-order valence-electron chi connectivity index (χ4n) is 2.92. The van der Waals surface area contributed by atoms with E-state index in [1.165, 1.54) is 17.8 Å². The first-order valence-electron chi connectivity index (χ1n) is 6.63. The Hall–Kier alpha value is -1.17. The van der Waals surface area contributed by atoms with Crippen LogP contribution in [-0.2, 0) is 11.0 Å². The number of carbonyl (C=O) groups excluding carboxylic acids is 1. The van der Waals surface area contributed by atoms with E-state index in [4.69, 9.17) is 0 Å². The summed E-state index contributed by atoms with van der Waals surface area (Å²) in [6, 6.07) is 4.08. The molecule has 1 aliphatic carbocycles. The molecule has 1 aliphatic heterocycles. The van der Waals surface area contributed by atoms with Crippen LogP contribution in [0.1, 0.15) is 37.7 Å². The minimum absolute atomic E-state index is 0.0776. The molecule has 0 aromatic heterocycles. The molecule has 20 heavy (non-hydrogen) atoms. The van der Waals surface area contributed by atoms with Crippen LogP contribution in [0.3, 0.4) is 0 Å². The number of thioether (sulfide) groups is 1. The number of halogens is 3. The van der Waals surface area contributed by atoms with Crippen molar-refractivity contribution in [3.8, 4) is 0 Å². The second-order valence-electron chi connectivity index (χ2n) is 5.29. The van der Waals surface area contributed by atoms with E-state index in [0.717, 1.165) is 38.2 Å². The predicted molar refractivity (Wildman–Crippen MR) is 71.7 cm³/mol. The van der Waals surface area contributed by atoms with E-state index < -0.39 is 16.5 Å². The number of anilines is 1. The van der Waals surface area contributed by atoms with Crippen LogP contribution in [0.5, 0.6) is 0 Å². The van der Waals surface area contributed by atoms with E-state index in [2.05, 4.69) is 5.32 Å². The van der Waals surface area contributed by atoms with Gasteiger partial charge in [0.05, 0.1) is 16.0 Å². The van der Waals surface area contributed by atoms with Crippen molar-refractivity contribution in [1.82, 2.24) is 0 Å². The van der Waals surface area contributed by atoms with Crippen LogP contribution < -0.4 is 5.32 Å². The molecule has 108 valence electrons. The normalized spacial score (nSPS) is 21.4. The maximum Gasteiger partial charge on any atom is 0.418 e. The molecule has 0 atom stereocenters. The number of hydrogen-bond donors (Lipinski definition) is 1. The fraction of sp³-hybridized carbons (Fsp3) is 0.500. The quantitative estimate of drug-likeness (QED) is 0.767. The molecule has 0 bridgehead atoms. The molecule has 1 heterocycles. The van der Waals surface area contributed by atoms with Gasteiger partial charge in [-0.05, 0) is 25.0 Å². The first-order chi connectivity index (χ1) is 9.42. The van der Waals surface area contributed by atoms with Gasteiger partial charge in [-0.1, -0.05) is 25.3 Å². The van der Waals surface area contributed by atoms with Gasteiger partial charge in [-0.15, -0.1) is 11.8 Å². The van der Waals surface area contributed by atoms with Crippen molar-refractivity contribution in [2.75, 3.05) is 5.32 Å². The van der Waals surface area contributed by atoms with Crippen molar-refractivity contribution in [1.29, 1.82) is 0 Å². The van der Waals surface area contributed by atoms with Gasteiger partial charge in [0.2, 0.25) is 5.91 Å². The Morgan fingerprint density at radius 2 is 1.85 bits per heavy atom. The van der Waals surface area contributed by atoms with Crippen LogP contribution in [0.25, 0.3) is 0 Å². The third-order valence-electron chi connectivity index (χ3n) is 3.95. The number of alkyl halides is 3. The molecular weight excluding hydrogens is 287 g/mol. The molecule has 0 radical (unpaired) electrons. The highest BCUT2D eigenvalue weighted by Gasteiger charge is 2.46. The zero-order valence-corrected chi connectivity index (χ0v) is 11.5. The number of fused-ring (bicyclic) bond motifs is 1. The molecule has 1 saturated carbocycles. The fourth-order valence-corrected chi connectivity index (χ4v) is 4.38. The third-order valence-corrected chi connectivity index (χ3v) is 5.50. The number of hydrogen-bond acceptors (Lipinski definition) is 2. The second-order valence-corrected chi connectivity index (χ2v) is 6.71. The van der Waals surface area contributed by atoms with E-state index in [0.29, 0.717) is 4.90 Å². The number of amides is 1. The van der Waals surface area contributed by atoms with Gasteiger partial charge in [0, 0.05) is 4.90 Å². The predicted octanol–water partition coefficient (Wildman–Crippen LogP) is 4.45. The van der Waals surface area contributed by atoms with Crippen molar-refractivity contribution in [2.24, 2.45) is 0 Å². The zero-order valence-electron chi connectivity index (χ0n) is 10.7. The Bertz CT molecular complexity index is 550. The van der Waals surface area contributed by atoms with Crippen molar-refractivity contribution in [3.63, 3.8) is 0 Å². The topological polar surface area (TPSA) is 29.1 Å². The Morgan fingerprint density at radius 1 is 1.15 bits per heavy atom. The van der Waals surface area contributed by atoms with Gasteiger partial charge in [-0.2, -0.15) is 13.2 Å². The molecule has 1 fully saturated rings. The molecule has 1 aromatic carbocycles. The third kappa shape index (κ3) is 2.20. The van der Waals surface area contributed by atoms with Gasteiger partial charge in [0.15, 0.2) is 0 Å². The molecule has 0 unspecified atom stereocenters. The molecule has 3 rings (SSSR count). The lowest BCUT2D eigenvalue weighted by Crippen LogP contribution is -2.44. The summed E-state index contributed by atoms with van der Waals surface area (Å²) in [6.45, 7) is 0. The van der Waals surface area contributed by atoms with Gasteiger partial charge in [0.25, 0.3) is 0 Å². The van der Waals surface area contributed by atoms with E-state index >= 15 is 0 Å². The summed E-state index contributed by atoms with van der Waals surface area (Å²) >= 11 is 1.31. The summed E-state index contributed by atoms with van der Waals surface area (Å²) in [4.78, 5) is 12.8.